The van der Waals surface area contributed by atoms with Crippen molar-refractivity contribution in [3.05, 3.63) is 11.9 Å². The third-order valence-electron chi connectivity index (χ3n) is 2.16. The monoisotopic (exact) mass is 211 g/mol. The first kappa shape index (κ1) is 11.6. The van der Waals surface area contributed by atoms with Crippen LogP contribution >= 0.6 is 0 Å². The SMILES string of the molecule is CCCCCn1cc(N)c(C(=O)OC)n1. The first-order valence-corrected chi connectivity index (χ1v) is 5.10. The van der Waals surface area contributed by atoms with Crippen molar-refractivity contribution in [2.75, 3.05) is 12.8 Å². The van der Waals surface area contributed by atoms with Gasteiger partial charge in [0.15, 0.2) is 5.69 Å². The number of aryl methyl sites for hydroxylation is 1. The van der Waals surface area contributed by atoms with Gasteiger partial charge in [-0.1, -0.05) is 19.8 Å². The van der Waals surface area contributed by atoms with E-state index in [-0.39, 0.29) is 5.69 Å². The predicted molar refractivity (Wildman–Crippen MR) is 57.5 cm³/mol. The average molecular weight is 211 g/mol. The number of carbonyl (C=O) groups is 1. The van der Waals surface area contributed by atoms with E-state index in [1.54, 1.807) is 10.9 Å². The largest absolute Gasteiger partial charge is 0.464 e. The Balaban J connectivity index is 2.64. The van der Waals surface area contributed by atoms with Crippen molar-refractivity contribution in [2.24, 2.45) is 0 Å². The van der Waals surface area contributed by atoms with Crippen molar-refractivity contribution in [2.45, 2.75) is 32.7 Å². The van der Waals surface area contributed by atoms with Crippen molar-refractivity contribution in [1.82, 2.24) is 9.78 Å². The van der Waals surface area contributed by atoms with E-state index in [2.05, 4.69) is 16.8 Å². The van der Waals surface area contributed by atoms with Crippen LogP contribution < -0.4 is 5.73 Å². The van der Waals surface area contributed by atoms with Crippen molar-refractivity contribution >= 4 is 11.7 Å². The summed E-state index contributed by atoms with van der Waals surface area (Å²) < 4.78 is 6.25. The molecule has 0 saturated carbocycles. The summed E-state index contributed by atoms with van der Waals surface area (Å²) >= 11 is 0. The molecule has 5 nitrogen and oxygen atoms in total. The molecule has 0 radical (unpaired) electrons. The lowest BCUT2D eigenvalue weighted by Gasteiger charge is -1.98. The molecule has 0 atom stereocenters. The van der Waals surface area contributed by atoms with Gasteiger partial charge in [0.25, 0.3) is 0 Å². The van der Waals surface area contributed by atoms with Crippen LogP contribution in [0, 0.1) is 0 Å². The minimum atomic E-state index is -0.484. The highest BCUT2D eigenvalue weighted by Crippen LogP contribution is 2.11. The van der Waals surface area contributed by atoms with Crippen LogP contribution in [-0.4, -0.2) is 22.9 Å². The third kappa shape index (κ3) is 2.97. The van der Waals surface area contributed by atoms with Crippen molar-refractivity contribution in [3.63, 3.8) is 0 Å². The van der Waals surface area contributed by atoms with Crippen LogP contribution in [0.4, 0.5) is 5.69 Å². The van der Waals surface area contributed by atoms with Crippen molar-refractivity contribution in [1.29, 1.82) is 0 Å². The van der Waals surface area contributed by atoms with Crippen LogP contribution in [0.2, 0.25) is 0 Å². The van der Waals surface area contributed by atoms with Crippen molar-refractivity contribution < 1.29 is 9.53 Å². The maximum absolute atomic E-state index is 11.2. The fraction of sp³-hybridized carbons (Fsp3) is 0.600. The maximum Gasteiger partial charge on any atom is 0.360 e. The highest BCUT2D eigenvalue weighted by Gasteiger charge is 2.14. The van der Waals surface area contributed by atoms with Gasteiger partial charge in [-0.05, 0) is 6.42 Å². The highest BCUT2D eigenvalue weighted by atomic mass is 16.5. The number of carbonyl (C=O) groups excluding carboxylic acids is 1. The van der Waals surface area contributed by atoms with E-state index < -0.39 is 5.97 Å². The highest BCUT2D eigenvalue weighted by molar-refractivity contribution is 5.92. The average Bonchev–Trinajstić information content (AvgIpc) is 2.59. The first-order valence-electron chi connectivity index (χ1n) is 5.10. The van der Waals surface area contributed by atoms with Crippen molar-refractivity contribution in [3.8, 4) is 0 Å². The van der Waals surface area contributed by atoms with Gasteiger partial charge >= 0.3 is 5.97 Å². The lowest BCUT2D eigenvalue weighted by atomic mass is 10.2. The van der Waals surface area contributed by atoms with Gasteiger partial charge in [-0.15, -0.1) is 0 Å². The smallest absolute Gasteiger partial charge is 0.360 e. The molecule has 84 valence electrons. The molecule has 0 fully saturated rings. The van der Waals surface area contributed by atoms with Gasteiger partial charge in [-0.2, -0.15) is 5.10 Å². The molecular formula is C10H17N3O2. The number of aromatic nitrogens is 2. The number of anilines is 1. The lowest BCUT2D eigenvalue weighted by molar-refractivity contribution is 0.0594. The summed E-state index contributed by atoms with van der Waals surface area (Å²) in [6.45, 7) is 2.92. The summed E-state index contributed by atoms with van der Waals surface area (Å²) in [4.78, 5) is 11.2. The standard InChI is InChI=1S/C10H17N3O2/c1-3-4-5-6-13-7-8(11)9(12-13)10(14)15-2/h7H,3-6,11H2,1-2H3. The molecule has 1 rings (SSSR count). The van der Waals surface area contributed by atoms with E-state index >= 15 is 0 Å². The van der Waals surface area contributed by atoms with Gasteiger partial charge in [-0.25, -0.2) is 4.79 Å². The lowest BCUT2D eigenvalue weighted by Crippen LogP contribution is -2.06. The van der Waals surface area contributed by atoms with Crippen LogP contribution in [0.5, 0.6) is 0 Å². The molecule has 0 aliphatic rings. The molecule has 5 heteroatoms. The number of ether oxygens (including phenoxy) is 1. The molecule has 1 aromatic rings. The summed E-state index contributed by atoms with van der Waals surface area (Å²) in [5, 5.41) is 4.07. The normalized spacial score (nSPS) is 10.3. The zero-order valence-electron chi connectivity index (χ0n) is 9.19. The number of nitrogens with zero attached hydrogens (tertiary/aromatic N) is 2. The molecular weight excluding hydrogens is 194 g/mol. The van der Waals surface area contributed by atoms with Crippen LogP contribution in [0.3, 0.4) is 0 Å². The van der Waals surface area contributed by atoms with Gasteiger partial charge in [0.2, 0.25) is 0 Å². The zero-order valence-corrected chi connectivity index (χ0v) is 9.19. The minimum absolute atomic E-state index is 0.203. The molecule has 0 bridgehead atoms. The summed E-state index contributed by atoms with van der Waals surface area (Å²) in [6, 6.07) is 0. The summed E-state index contributed by atoms with van der Waals surface area (Å²) in [7, 11) is 1.32. The maximum atomic E-state index is 11.2. The number of esters is 1. The van der Waals surface area contributed by atoms with Gasteiger partial charge < -0.3 is 10.5 Å². The second kappa shape index (κ2) is 5.38. The molecule has 0 amide bonds. The Morgan fingerprint density at radius 1 is 1.60 bits per heavy atom. The van der Waals surface area contributed by atoms with E-state index in [1.165, 1.54) is 7.11 Å². The number of nitrogen functional groups attached to an aromatic ring is 1. The molecule has 2 N–H and O–H groups in total. The summed E-state index contributed by atoms with van der Waals surface area (Å²) in [6.07, 6.45) is 5.01. The molecule has 0 spiro atoms. The zero-order chi connectivity index (χ0) is 11.3. The molecule has 0 aliphatic heterocycles. The number of hydrogen-bond acceptors (Lipinski definition) is 4. The Kier molecular flexibility index (Phi) is 4.15. The van der Waals surface area contributed by atoms with E-state index in [1.807, 2.05) is 0 Å². The second-order valence-corrected chi connectivity index (χ2v) is 3.39. The van der Waals surface area contributed by atoms with Gasteiger partial charge in [0, 0.05) is 12.7 Å². The number of methoxy groups -OCH3 is 1. The Labute approximate surface area is 89.2 Å². The Morgan fingerprint density at radius 2 is 2.33 bits per heavy atom. The Hall–Kier alpha value is -1.52. The molecule has 1 heterocycles. The minimum Gasteiger partial charge on any atom is -0.464 e. The fourth-order valence-corrected chi connectivity index (χ4v) is 1.33. The quantitative estimate of drug-likeness (QED) is 0.591. The van der Waals surface area contributed by atoms with E-state index in [4.69, 9.17) is 5.73 Å². The van der Waals surface area contributed by atoms with E-state index in [0.717, 1.165) is 25.8 Å². The van der Waals surface area contributed by atoms with Crippen LogP contribution in [0.25, 0.3) is 0 Å². The van der Waals surface area contributed by atoms with Gasteiger partial charge in [0.05, 0.1) is 12.8 Å². The summed E-state index contributed by atoms with van der Waals surface area (Å²) in [5.74, 6) is -0.484. The van der Waals surface area contributed by atoms with Crippen LogP contribution in [0.15, 0.2) is 6.20 Å². The first-order chi connectivity index (χ1) is 7.19. The molecule has 0 aliphatic carbocycles. The number of rotatable bonds is 5. The van der Waals surface area contributed by atoms with Crippen LogP contribution in [0.1, 0.15) is 36.7 Å². The number of unbranched alkanes of at least 4 members (excludes halogenated alkanes) is 2. The number of nitrogens with two attached hydrogens (primary N) is 1. The predicted octanol–water partition coefficient (Wildman–Crippen LogP) is 1.44. The van der Waals surface area contributed by atoms with E-state index in [9.17, 15) is 4.79 Å². The van der Waals surface area contributed by atoms with Gasteiger partial charge in [0.1, 0.15) is 0 Å². The molecule has 0 aromatic carbocycles. The third-order valence-corrected chi connectivity index (χ3v) is 2.16. The topological polar surface area (TPSA) is 70.1 Å². The Morgan fingerprint density at radius 3 is 2.93 bits per heavy atom. The molecule has 15 heavy (non-hydrogen) atoms. The molecule has 0 saturated heterocycles. The molecule has 1 aromatic heterocycles. The number of hydrogen-bond donors (Lipinski definition) is 1. The van der Waals surface area contributed by atoms with Gasteiger partial charge in [-0.3, -0.25) is 4.68 Å². The molecule has 0 unspecified atom stereocenters. The van der Waals surface area contributed by atoms with Crippen LogP contribution in [-0.2, 0) is 11.3 Å². The summed E-state index contributed by atoms with van der Waals surface area (Å²) in [5.41, 5.74) is 6.21. The Bertz CT molecular complexity index is 333. The second-order valence-electron chi connectivity index (χ2n) is 3.39. The fourth-order valence-electron chi connectivity index (χ4n) is 1.33. The van der Waals surface area contributed by atoms with E-state index in [0.29, 0.717) is 5.69 Å².